The Balaban J connectivity index is 1.45. The van der Waals surface area contributed by atoms with E-state index in [1.54, 1.807) is 12.1 Å². The summed E-state index contributed by atoms with van der Waals surface area (Å²) in [6.45, 7) is 1.05. The fourth-order valence-corrected chi connectivity index (χ4v) is 5.00. The van der Waals surface area contributed by atoms with Crippen molar-refractivity contribution in [2.75, 3.05) is 18.4 Å². The molecular weight excluding hydrogens is 476 g/mol. The van der Waals surface area contributed by atoms with Gasteiger partial charge in [0.15, 0.2) is 10.4 Å². The van der Waals surface area contributed by atoms with Crippen LogP contribution in [0.2, 0.25) is 0 Å². The molecule has 1 aliphatic heterocycles. The van der Waals surface area contributed by atoms with E-state index >= 15 is 0 Å². The lowest BCUT2D eigenvalue weighted by molar-refractivity contribution is 0.102. The lowest BCUT2D eigenvalue weighted by atomic mass is 10.2. The summed E-state index contributed by atoms with van der Waals surface area (Å²) in [5, 5.41) is 10.1. The van der Waals surface area contributed by atoms with Crippen LogP contribution in [-0.4, -0.2) is 41.9 Å². The summed E-state index contributed by atoms with van der Waals surface area (Å²) in [6, 6.07) is 9.03. The van der Waals surface area contributed by atoms with Gasteiger partial charge in [0, 0.05) is 18.7 Å². The predicted molar refractivity (Wildman–Crippen MR) is 111 cm³/mol. The van der Waals surface area contributed by atoms with E-state index in [9.17, 15) is 13.2 Å². The second-order valence-electron chi connectivity index (χ2n) is 6.81. The van der Waals surface area contributed by atoms with E-state index in [-0.39, 0.29) is 22.4 Å². The Bertz CT molecular complexity index is 1130. The van der Waals surface area contributed by atoms with Crippen LogP contribution in [0.1, 0.15) is 36.0 Å². The van der Waals surface area contributed by atoms with Crippen LogP contribution >= 0.6 is 15.9 Å². The molecule has 3 aromatic rings. The Labute approximate surface area is 181 Å². The number of carbonyl (C=O) groups excluding carboxylic acids is 1. The van der Waals surface area contributed by atoms with E-state index in [2.05, 4.69) is 31.4 Å². The van der Waals surface area contributed by atoms with Crippen LogP contribution < -0.4 is 5.32 Å². The van der Waals surface area contributed by atoms with Gasteiger partial charge in [-0.05, 0) is 65.2 Å². The molecular formula is C19H19BrN4O5S. The molecule has 0 saturated carbocycles. The van der Waals surface area contributed by atoms with Crippen molar-refractivity contribution >= 4 is 37.9 Å². The van der Waals surface area contributed by atoms with Gasteiger partial charge in [0.25, 0.3) is 11.8 Å². The van der Waals surface area contributed by atoms with Crippen LogP contribution in [0.25, 0.3) is 11.7 Å². The highest BCUT2D eigenvalue weighted by molar-refractivity contribution is 9.10. The molecule has 1 amide bonds. The number of rotatable bonds is 5. The van der Waals surface area contributed by atoms with Crippen molar-refractivity contribution in [2.45, 2.75) is 30.6 Å². The summed E-state index contributed by atoms with van der Waals surface area (Å²) in [4.78, 5) is 12.6. The third-order valence-electron chi connectivity index (χ3n) is 4.75. The van der Waals surface area contributed by atoms with Crippen molar-refractivity contribution in [1.29, 1.82) is 0 Å². The number of anilines is 1. The SMILES string of the molecule is O=C(Nc1nnc(-c2ccc(Br)o2)o1)c1ccc(S(=O)(=O)N2CCCCCC2)cc1. The molecule has 30 heavy (non-hydrogen) atoms. The van der Waals surface area contributed by atoms with Gasteiger partial charge in [0.2, 0.25) is 10.0 Å². The Morgan fingerprint density at radius 3 is 2.30 bits per heavy atom. The first-order valence-corrected chi connectivity index (χ1v) is 11.7. The molecule has 3 heterocycles. The van der Waals surface area contributed by atoms with Gasteiger partial charge in [-0.1, -0.05) is 17.9 Å². The molecule has 0 bridgehead atoms. The Hall–Kier alpha value is -2.50. The summed E-state index contributed by atoms with van der Waals surface area (Å²) >= 11 is 3.18. The van der Waals surface area contributed by atoms with Gasteiger partial charge in [-0.15, -0.1) is 5.10 Å². The van der Waals surface area contributed by atoms with Crippen molar-refractivity contribution in [3.8, 4) is 11.7 Å². The number of aromatic nitrogens is 2. The number of benzene rings is 1. The smallest absolute Gasteiger partial charge is 0.322 e. The minimum atomic E-state index is -3.57. The first-order chi connectivity index (χ1) is 14.4. The van der Waals surface area contributed by atoms with Crippen LogP contribution in [0.5, 0.6) is 0 Å². The minimum absolute atomic E-state index is 0.0937. The molecule has 0 spiro atoms. The van der Waals surface area contributed by atoms with Crippen LogP contribution in [0.15, 0.2) is 54.8 Å². The molecule has 0 unspecified atom stereocenters. The summed E-state index contributed by atoms with van der Waals surface area (Å²) in [5.41, 5.74) is 0.269. The number of carbonyl (C=O) groups is 1. The fraction of sp³-hybridized carbons (Fsp3) is 0.316. The molecule has 0 radical (unpaired) electrons. The zero-order chi connectivity index (χ0) is 21.1. The van der Waals surface area contributed by atoms with Crippen LogP contribution in [0.3, 0.4) is 0 Å². The second kappa shape index (κ2) is 8.70. The predicted octanol–water partition coefficient (Wildman–Crippen LogP) is 3.91. The van der Waals surface area contributed by atoms with Crippen molar-refractivity contribution in [3.63, 3.8) is 0 Å². The van der Waals surface area contributed by atoms with Gasteiger partial charge >= 0.3 is 6.01 Å². The maximum atomic E-state index is 12.8. The molecule has 1 saturated heterocycles. The largest absolute Gasteiger partial charge is 0.444 e. The zero-order valence-corrected chi connectivity index (χ0v) is 18.3. The summed E-state index contributed by atoms with van der Waals surface area (Å²) in [5.74, 6) is -0.0163. The molecule has 1 aromatic carbocycles. The maximum Gasteiger partial charge on any atom is 0.322 e. The molecule has 0 atom stereocenters. The normalized spacial score (nSPS) is 15.6. The summed E-state index contributed by atoms with van der Waals surface area (Å²) in [7, 11) is -3.57. The van der Waals surface area contributed by atoms with E-state index in [0.29, 0.717) is 23.5 Å². The van der Waals surface area contributed by atoms with Crippen molar-refractivity contribution in [2.24, 2.45) is 0 Å². The fourth-order valence-electron chi connectivity index (χ4n) is 3.18. The molecule has 1 aliphatic rings. The number of sulfonamides is 1. The number of hydrogen-bond donors (Lipinski definition) is 1. The van der Waals surface area contributed by atoms with Crippen LogP contribution in [-0.2, 0) is 10.0 Å². The van der Waals surface area contributed by atoms with E-state index in [0.717, 1.165) is 25.7 Å². The lowest BCUT2D eigenvalue weighted by Crippen LogP contribution is -2.31. The highest BCUT2D eigenvalue weighted by Crippen LogP contribution is 2.25. The van der Waals surface area contributed by atoms with Crippen molar-refractivity contribution in [3.05, 3.63) is 46.6 Å². The average molecular weight is 495 g/mol. The topological polar surface area (TPSA) is 119 Å². The Morgan fingerprint density at radius 1 is 0.967 bits per heavy atom. The van der Waals surface area contributed by atoms with Gasteiger partial charge in [-0.25, -0.2) is 8.42 Å². The summed E-state index contributed by atoms with van der Waals surface area (Å²) in [6.07, 6.45) is 3.81. The first kappa shape index (κ1) is 20.8. The van der Waals surface area contributed by atoms with Gasteiger partial charge in [0.05, 0.1) is 4.90 Å². The number of nitrogens with one attached hydrogen (secondary N) is 1. The number of furan rings is 1. The summed E-state index contributed by atoms with van der Waals surface area (Å²) < 4.78 is 38.4. The quantitative estimate of drug-likeness (QED) is 0.570. The zero-order valence-electron chi connectivity index (χ0n) is 15.9. The van der Waals surface area contributed by atoms with E-state index in [1.165, 1.54) is 28.6 Å². The van der Waals surface area contributed by atoms with Crippen molar-refractivity contribution in [1.82, 2.24) is 14.5 Å². The minimum Gasteiger partial charge on any atom is -0.444 e. The number of amides is 1. The second-order valence-corrected chi connectivity index (χ2v) is 9.53. The highest BCUT2D eigenvalue weighted by Gasteiger charge is 2.25. The monoisotopic (exact) mass is 494 g/mol. The van der Waals surface area contributed by atoms with Gasteiger partial charge in [-0.2, -0.15) is 4.31 Å². The molecule has 0 aliphatic carbocycles. The lowest BCUT2D eigenvalue weighted by Gasteiger charge is -2.19. The van der Waals surface area contributed by atoms with Crippen LogP contribution in [0.4, 0.5) is 6.01 Å². The first-order valence-electron chi connectivity index (χ1n) is 9.44. The van der Waals surface area contributed by atoms with Crippen molar-refractivity contribution < 1.29 is 22.0 Å². The Morgan fingerprint density at radius 2 is 1.67 bits per heavy atom. The third-order valence-corrected chi connectivity index (χ3v) is 7.09. The third kappa shape index (κ3) is 4.47. The number of halogens is 1. The van der Waals surface area contributed by atoms with Crippen LogP contribution in [0, 0.1) is 0 Å². The molecule has 1 fully saturated rings. The highest BCUT2D eigenvalue weighted by atomic mass is 79.9. The molecule has 11 heteroatoms. The molecule has 9 nitrogen and oxygen atoms in total. The van der Waals surface area contributed by atoms with Gasteiger partial charge in [0.1, 0.15) is 0 Å². The Kier molecular flexibility index (Phi) is 6.02. The van der Waals surface area contributed by atoms with E-state index in [4.69, 9.17) is 8.83 Å². The van der Waals surface area contributed by atoms with E-state index in [1.807, 2.05) is 0 Å². The van der Waals surface area contributed by atoms with E-state index < -0.39 is 15.9 Å². The van der Waals surface area contributed by atoms with Gasteiger partial charge in [-0.3, -0.25) is 10.1 Å². The van der Waals surface area contributed by atoms with Gasteiger partial charge < -0.3 is 8.83 Å². The standard InChI is InChI=1S/C19H19BrN4O5S/c20-16-10-9-15(28-16)18-22-23-19(29-18)21-17(25)13-5-7-14(8-6-13)30(26,27)24-11-3-1-2-4-12-24/h5-10H,1-4,11-12H2,(H,21,23,25). The number of hydrogen-bond acceptors (Lipinski definition) is 7. The maximum absolute atomic E-state index is 12.8. The molecule has 4 rings (SSSR count). The number of nitrogens with zero attached hydrogens (tertiary/aromatic N) is 3. The molecule has 158 valence electrons. The molecule has 2 aromatic heterocycles. The average Bonchev–Trinajstić information content (AvgIpc) is 3.28. The molecule has 1 N–H and O–H groups in total.